The standard InChI is InChI=1S/C16H18O6/c1-11(17)6-15(19)21-9-13-4-3-5-14(8-13)10-22-16(20)7-12(2)18/h3-5,8H,6-7,9-10H2,1-2H3. The minimum atomic E-state index is -0.578. The third-order valence-corrected chi connectivity index (χ3v) is 2.58. The van der Waals surface area contributed by atoms with Gasteiger partial charge in [0.05, 0.1) is 0 Å². The molecule has 0 aliphatic heterocycles. The summed E-state index contributed by atoms with van der Waals surface area (Å²) in [4.78, 5) is 44.1. The van der Waals surface area contributed by atoms with Crippen molar-refractivity contribution in [3.63, 3.8) is 0 Å². The summed E-state index contributed by atoms with van der Waals surface area (Å²) in [6, 6.07) is 6.97. The number of ketones is 2. The van der Waals surface area contributed by atoms with Crippen molar-refractivity contribution in [3.8, 4) is 0 Å². The van der Waals surface area contributed by atoms with E-state index in [1.54, 1.807) is 24.3 Å². The molecule has 0 heterocycles. The Morgan fingerprint density at radius 3 is 1.59 bits per heavy atom. The molecule has 1 aromatic rings. The Labute approximate surface area is 128 Å². The molecule has 22 heavy (non-hydrogen) atoms. The smallest absolute Gasteiger partial charge is 0.313 e. The van der Waals surface area contributed by atoms with Crippen LogP contribution in [0.1, 0.15) is 37.8 Å². The average Bonchev–Trinajstić information content (AvgIpc) is 2.42. The summed E-state index contributed by atoms with van der Waals surface area (Å²) in [5, 5.41) is 0. The monoisotopic (exact) mass is 306 g/mol. The lowest BCUT2D eigenvalue weighted by Crippen LogP contribution is -2.10. The van der Waals surface area contributed by atoms with Crippen LogP contribution in [0.5, 0.6) is 0 Å². The third kappa shape index (κ3) is 7.33. The number of benzene rings is 1. The first-order valence-corrected chi connectivity index (χ1v) is 6.74. The van der Waals surface area contributed by atoms with Crippen LogP contribution in [0.2, 0.25) is 0 Å². The van der Waals surface area contributed by atoms with Gasteiger partial charge in [0, 0.05) is 0 Å². The highest BCUT2D eigenvalue weighted by Crippen LogP contribution is 2.09. The molecule has 0 fully saturated rings. The predicted octanol–water partition coefficient (Wildman–Crippen LogP) is 1.73. The van der Waals surface area contributed by atoms with Crippen LogP contribution >= 0.6 is 0 Å². The Morgan fingerprint density at radius 2 is 1.23 bits per heavy atom. The van der Waals surface area contributed by atoms with Gasteiger partial charge in [-0.05, 0) is 31.0 Å². The van der Waals surface area contributed by atoms with E-state index in [9.17, 15) is 19.2 Å². The molecule has 1 rings (SSSR count). The molecule has 6 heteroatoms. The predicted molar refractivity (Wildman–Crippen MR) is 76.6 cm³/mol. The number of ether oxygens (including phenoxy) is 2. The van der Waals surface area contributed by atoms with Crippen molar-refractivity contribution in [1.82, 2.24) is 0 Å². The van der Waals surface area contributed by atoms with Gasteiger partial charge in [-0.25, -0.2) is 0 Å². The Kier molecular flexibility index (Phi) is 6.95. The van der Waals surface area contributed by atoms with Gasteiger partial charge in [0.25, 0.3) is 0 Å². The van der Waals surface area contributed by atoms with E-state index in [-0.39, 0.29) is 37.6 Å². The highest BCUT2D eigenvalue weighted by molar-refractivity contribution is 5.94. The Balaban J connectivity index is 2.48. The molecule has 118 valence electrons. The second kappa shape index (κ2) is 8.71. The molecule has 0 radical (unpaired) electrons. The van der Waals surface area contributed by atoms with Gasteiger partial charge in [0.2, 0.25) is 0 Å². The summed E-state index contributed by atoms with van der Waals surface area (Å²) in [6.07, 6.45) is -0.495. The highest BCUT2D eigenvalue weighted by Gasteiger charge is 2.08. The first kappa shape index (κ1) is 17.6. The van der Waals surface area contributed by atoms with E-state index >= 15 is 0 Å². The van der Waals surface area contributed by atoms with Crippen LogP contribution in [0.3, 0.4) is 0 Å². The molecule has 0 aliphatic rings. The van der Waals surface area contributed by atoms with Gasteiger partial charge in [-0.2, -0.15) is 0 Å². The largest absolute Gasteiger partial charge is 0.460 e. The van der Waals surface area contributed by atoms with Gasteiger partial charge in [-0.1, -0.05) is 18.2 Å². The van der Waals surface area contributed by atoms with Crippen molar-refractivity contribution in [2.24, 2.45) is 0 Å². The molecule has 6 nitrogen and oxygen atoms in total. The van der Waals surface area contributed by atoms with Crippen molar-refractivity contribution >= 4 is 23.5 Å². The molecule has 0 saturated carbocycles. The minimum absolute atomic E-state index is 0.0430. The zero-order valence-electron chi connectivity index (χ0n) is 12.6. The minimum Gasteiger partial charge on any atom is -0.460 e. The van der Waals surface area contributed by atoms with Crippen LogP contribution < -0.4 is 0 Å². The number of rotatable bonds is 8. The fourth-order valence-corrected chi connectivity index (χ4v) is 1.65. The van der Waals surface area contributed by atoms with E-state index < -0.39 is 11.9 Å². The molecular formula is C16H18O6. The zero-order chi connectivity index (χ0) is 16.5. The maximum Gasteiger partial charge on any atom is 0.313 e. The fraction of sp³-hybridized carbons (Fsp3) is 0.375. The normalized spacial score (nSPS) is 9.91. The van der Waals surface area contributed by atoms with Crippen LogP contribution in [0, 0.1) is 0 Å². The van der Waals surface area contributed by atoms with Gasteiger partial charge >= 0.3 is 11.9 Å². The zero-order valence-corrected chi connectivity index (χ0v) is 12.6. The topological polar surface area (TPSA) is 86.7 Å². The average molecular weight is 306 g/mol. The van der Waals surface area contributed by atoms with E-state index in [1.165, 1.54) is 13.8 Å². The number of hydrogen-bond acceptors (Lipinski definition) is 6. The van der Waals surface area contributed by atoms with Crippen molar-refractivity contribution < 1.29 is 28.7 Å². The van der Waals surface area contributed by atoms with Crippen molar-refractivity contribution in [2.45, 2.75) is 39.9 Å². The summed E-state index contributed by atoms with van der Waals surface area (Å²) in [5.74, 6) is -1.66. The van der Waals surface area contributed by atoms with E-state index in [4.69, 9.17) is 9.47 Å². The molecule has 0 N–H and O–H groups in total. The molecule has 0 aliphatic carbocycles. The lowest BCUT2D eigenvalue weighted by molar-refractivity contribution is -0.148. The summed E-state index contributed by atoms with van der Waals surface area (Å²) in [6.45, 7) is 2.72. The maximum atomic E-state index is 11.3. The fourth-order valence-electron chi connectivity index (χ4n) is 1.65. The quantitative estimate of drug-likeness (QED) is 0.537. The van der Waals surface area contributed by atoms with E-state index in [0.29, 0.717) is 0 Å². The summed E-state index contributed by atoms with van der Waals surface area (Å²) in [7, 11) is 0. The first-order chi connectivity index (χ1) is 10.4. The number of Topliss-reactive ketones (excluding diaryl/α,β-unsaturated/α-hetero) is 2. The molecule has 0 bridgehead atoms. The van der Waals surface area contributed by atoms with E-state index in [0.717, 1.165) is 11.1 Å². The first-order valence-electron chi connectivity index (χ1n) is 6.74. The molecule has 1 aromatic carbocycles. The Bertz CT molecular complexity index is 529. The molecule has 0 atom stereocenters. The lowest BCUT2D eigenvalue weighted by Gasteiger charge is -2.07. The molecule has 0 amide bonds. The van der Waals surface area contributed by atoms with Crippen molar-refractivity contribution in [3.05, 3.63) is 35.4 Å². The Hall–Kier alpha value is -2.50. The SMILES string of the molecule is CC(=O)CC(=O)OCc1cccc(COC(=O)CC(C)=O)c1. The van der Waals surface area contributed by atoms with Crippen LogP contribution in [-0.2, 0) is 41.9 Å². The van der Waals surface area contributed by atoms with E-state index in [2.05, 4.69) is 0 Å². The second-order valence-corrected chi connectivity index (χ2v) is 4.90. The van der Waals surface area contributed by atoms with Gasteiger partial charge in [-0.3, -0.25) is 19.2 Å². The van der Waals surface area contributed by atoms with Gasteiger partial charge < -0.3 is 9.47 Å². The lowest BCUT2D eigenvalue weighted by atomic mass is 10.1. The molecule has 0 spiro atoms. The van der Waals surface area contributed by atoms with Crippen LogP contribution in [0.4, 0.5) is 0 Å². The number of hydrogen-bond donors (Lipinski definition) is 0. The number of esters is 2. The molecule has 0 unspecified atom stereocenters. The molecular weight excluding hydrogens is 288 g/mol. The second-order valence-electron chi connectivity index (χ2n) is 4.90. The molecule has 0 aromatic heterocycles. The van der Waals surface area contributed by atoms with Gasteiger partial charge in [0.1, 0.15) is 37.6 Å². The number of carbonyl (C=O) groups is 4. The van der Waals surface area contributed by atoms with Crippen LogP contribution in [-0.4, -0.2) is 23.5 Å². The number of carbonyl (C=O) groups excluding carboxylic acids is 4. The molecule has 0 saturated heterocycles. The van der Waals surface area contributed by atoms with Gasteiger partial charge in [0.15, 0.2) is 0 Å². The van der Waals surface area contributed by atoms with Crippen LogP contribution in [0.15, 0.2) is 24.3 Å². The summed E-state index contributed by atoms with van der Waals surface area (Å²) in [5.41, 5.74) is 1.44. The highest BCUT2D eigenvalue weighted by atomic mass is 16.5. The maximum absolute atomic E-state index is 11.3. The van der Waals surface area contributed by atoms with Gasteiger partial charge in [-0.15, -0.1) is 0 Å². The van der Waals surface area contributed by atoms with Crippen molar-refractivity contribution in [2.75, 3.05) is 0 Å². The van der Waals surface area contributed by atoms with Crippen molar-refractivity contribution in [1.29, 1.82) is 0 Å². The van der Waals surface area contributed by atoms with E-state index in [1.807, 2.05) is 0 Å². The summed E-state index contributed by atoms with van der Waals surface area (Å²) >= 11 is 0. The van der Waals surface area contributed by atoms with Crippen LogP contribution in [0.25, 0.3) is 0 Å². The summed E-state index contributed by atoms with van der Waals surface area (Å²) < 4.78 is 9.92. The third-order valence-electron chi connectivity index (χ3n) is 2.58. The Morgan fingerprint density at radius 1 is 0.818 bits per heavy atom.